The quantitative estimate of drug-likeness (QED) is 0.746. The number of hydrogen-bond donors (Lipinski definition) is 2. The van der Waals surface area contributed by atoms with Crippen molar-refractivity contribution in [1.29, 1.82) is 0 Å². The summed E-state index contributed by atoms with van der Waals surface area (Å²) in [7, 11) is 0. The number of aliphatic hydroxyl groups excluding tert-OH is 1. The van der Waals surface area contributed by atoms with E-state index in [-0.39, 0.29) is 6.10 Å². The zero-order chi connectivity index (χ0) is 13.7. The number of thioether (sulfide) groups is 1. The maximum absolute atomic E-state index is 10.1. The molecule has 0 aromatic carbocycles. The van der Waals surface area contributed by atoms with Crippen LogP contribution < -0.4 is 5.73 Å². The zero-order valence-corrected chi connectivity index (χ0v) is 12.4. The van der Waals surface area contributed by atoms with E-state index in [1.54, 1.807) is 11.8 Å². The molecule has 1 aliphatic rings. The summed E-state index contributed by atoms with van der Waals surface area (Å²) >= 11 is 1.58. The second kappa shape index (κ2) is 7.26. The SMILES string of the molecule is CCn1c(CN)nnc1SCC(O)CC1CCCC1. The van der Waals surface area contributed by atoms with Crippen molar-refractivity contribution in [3.8, 4) is 0 Å². The van der Waals surface area contributed by atoms with E-state index in [4.69, 9.17) is 5.73 Å². The molecule has 0 aliphatic heterocycles. The Morgan fingerprint density at radius 3 is 2.79 bits per heavy atom. The average molecular weight is 284 g/mol. The molecule has 0 amide bonds. The second-order valence-corrected chi connectivity index (χ2v) is 6.19. The predicted molar refractivity (Wildman–Crippen MR) is 76.9 cm³/mol. The fourth-order valence-electron chi connectivity index (χ4n) is 2.76. The second-order valence-electron chi connectivity index (χ2n) is 5.20. The molecule has 1 aromatic rings. The molecule has 0 saturated heterocycles. The molecular weight excluding hydrogens is 260 g/mol. The molecule has 0 spiro atoms. The summed E-state index contributed by atoms with van der Waals surface area (Å²) in [6.07, 6.45) is 5.91. The van der Waals surface area contributed by atoms with Gasteiger partial charge in [-0.1, -0.05) is 37.4 Å². The Morgan fingerprint density at radius 1 is 1.42 bits per heavy atom. The smallest absolute Gasteiger partial charge is 0.191 e. The van der Waals surface area contributed by atoms with E-state index in [2.05, 4.69) is 17.1 Å². The molecule has 1 aliphatic carbocycles. The van der Waals surface area contributed by atoms with Gasteiger partial charge in [0.25, 0.3) is 0 Å². The molecule has 3 N–H and O–H groups in total. The molecule has 19 heavy (non-hydrogen) atoms. The third-order valence-electron chi connectivity index (χ3n) is 3.78. The van der Waals surface area contributed by atoms with Crippen LogP contribution in [-0.2, 0) is 13.1 Å². The van der Waals surface area contributed by atoms with Crippen molar-refractivity contribution < 1.29 is 5.11 Å². The van der Waals surface area contributed by atoms with Gasteiger partial charge in [-0.2, -0.15) is 0 Å². The average Bonchev–Trinajstić information content (AvgIpc) is 3.04. The van der Waals surface area contributed by atoms with E-state index in [9.17, 15) is 5.11 Å². The number of rotatable bonds is 7. The number of hydrogen-bond acceptors (Lipinski definition) is 5. The highest BCUT2D eigenvalue weighted by atomic mass is 32.2. The highest BCUT2D eigenvalue weighted by Gasteiger charge is 2.19. The summed E-state index contributed by atoms with van der Waals surface area (Å²) in [5.74, 6) is 2.23. The van der Waals surface area contributed by atoms with Gasteiger partial charge in [0, 0.05) is 12.3 Å². The highest BCUT2D eigenvalue weighted by Crippen LogP contribution is 2.30. The van der Waals surface area contributed by atoms with E-state index in [1.165, 1.54) is 25.7 Å². The molecular formula is C13H24N4OS. The molecule has 1 atom stereocenters. The normalized spacial score (nSPS) is 18.1. The monoisotopic (exact) mass is 284 g/mol. The lowest BCUT2D eigenvalue weighted by Gasteiger charge is -2.14. The topological polar surface area (TPSA) is 77.0 Å². The summed E-state index contributed by atoms with van der Waals surface area (Å²) in [5, 5.41) is 19.2. The molecule has 0 radical (unpaired) electrons. The predicted octanol–water partition coefficient (Wildman–Crippen LogP) is 1.79. The fraction of sp³-hybridized carbons (Fsp3) is 0.846. The summed E-state index contributed by atoms with van der Waals surface area (Å²) < 4.78 is 2.02. The number of nitrogens with zero attached hydrogens (tertiary/aromatic N) is 3. The van der Waals surface area contributed by atoms with Gasteiger partial charge < -0.3 is 15.4 Å². The van der Waals surface area contributed by atoms with Crippen molar-refractivity contribution in [2.24, 2.45) is 11.7 Å². The van der Waals surface area contributed by atoms with Gasteiger partial charge in [-0.05, 0) is 19.3 Å². The maximum Gasteiger partial charge on any atom is 0.191 e. The first-order valence-electron chi connectivity index (χ1n) is 7.17. The molecule has 1 fully saturated rings. The molecule has 1 saturated carbocycles. The number of aliphatic hydroxyl groups is 1. The van der Waals surface area contributed by atoms with Crippen LogP contribution in [0.1, 0.15) is 44.9 Å². The van der Waals surface area contributed by atoms with E-state index in [0.717, 1.165) is 29.9 Å². The lowest BCUT2D eigenvalue weighted by molar-refractivity contribution is 0.165. The first-order chi connectivity index (χ1) is 9.24. The van der Waals surface area contributed by atoms with Crippen molar-refractivity contribution in [1.82, 2.24) is 14.8 Å². The molecule has 5 nitrogen and oxygen atoms in total. The standard InChI is InChI=1S/C13H24N4OS/c1-2-17-12(8-14)15-16-13(17)19-9-11(18)7-10-5-3-4-6-10/h10-11,18H,2-9,14H2,1H3. The van der Waals surface area contributed by atoms with E-state index < -0.39 is 0 Å². The van der Waals surface area contributed by atoms with Crippen LogP contribution in [0.2, 0.25) is 0 Å². The first kappa shape index (κ1) is 14.8. The van der Waals surface area contributed by atoms with Crippen LogP contribution >= 0.6 is 11.8 Å². The molecule has 0 bridgehead atoms. The number of aromatic nitrogens is 3. The minimum Gasteiger partial charge on any atom is -0.392 e. The third-order valence-corrected chi connectivity index (χ3v) is 4.89. The molecule has 1 heterocycles. The largest absolute Gasteiger partial charge is 0.392 e. The summed E-state index contributed by atoms with van der Waals surface area (Å²) in [6, 6.07) is 0. The highest BCUT2D eigenvalue weighted by molar-refractivity contribution is 7.99. The van der Waals surface area contributed by atoms with Gasteiger partial charge in [-0.3, -0.25) is 0 Å². The summed E-state index contributed by atoms with van der Waals surface area (Å²) in [4.78, 5) is 0. The van der Waals surface area contributed by atoms with Crippen molar-refractivity contribution in [2.45, 2.75) is 63.4 Å². The Morgan fingerprint density at radius 2 is 2.16 bits per heavy atom. The molecule has 1 unspecified atom stereocenters. The van der Waals surface area contributed by atoms with Crippen LogP contribution in [0.5, 0.6) is 0 Å². The summed E-state index contributed by atoms with van der Waals surface area (Å²) in [5.41, 5.74) is 5.62. The third kappa shape index (κ3) is 3.94. The van der Waals surface area contributed by atoms with Gasteiger partial charge in [-0.25, -0.2) is 0 Å². The Hall–Kier alpha value is -0.590. The lowest BCUT2D eigenvalue weighted by Crippen LogP contribution is -2.15. The van der Waals surface area contributed by atoms with Crippen LogP contribution in [0, 0.1) is 5.92 Å². The summed E-state index contributed by atoms with van der Waals surface area (Å²) in [6.45, 7) is 3.29. The van der Waals surface area contributed by atoms with Crippen molar-refractivity contribution in [2.75, 3.05) is 5.75 Å². The Bertz CT molecular complexity index is 390. The first-order valence-corrected chi connectivity index (χ1v) is 8.16. The molecule has 108 valence electrons. The van der Waals surface area contributed by atoms with Gasteiger partial charge in [-0.15, -0.1) is 10.2 Å². The Kier molecular flexibility index (Phi) is 5.66. The molecule has 6 heteroatoms. The Labute approximate surface area is 119 Å². The van der Waals surface area contributed by atoms with E-state index in [1.807, 2.05) is 4.57 Å². The molecule has 1 aromatic heterocycles. The van der Waals surface area contributed by atoms with E-state index in [0.29, 0.717) is 12.3 Å². The minimum atomic E-state index is -0.239. The van der Waals surface area contributed by atoms with Gasteiger partial charge in [0.1, 0.15) is 5.82 Å². The maximum atomic E-state index is 10.1. The van der Waals surface area contributed by atoms with Crippen molar-refractivity contribution in [3.63, 3.8) is 0 Å². The van der Waals surface area contributed by atoms with Crippen molar-refractivity contribution in [3.05, 3.63) is 5.82 Å². The van der Waals surface area contributed by atoms with Gasteiger partial charge in [0.05, 0.1) is 12.6 Å². The van der Waals surface area contributed by atoms with Crippen LogP contribution in [0.15, 0.2) is 5.16 Å². The van der Waals surface area contributed by atoms with Gasteiger partial charge >= 0.3 is 0 Å². The van der Waals surface area contributed by atoms with Crippen LogP contribution in [-0.4, -0.2) is 31.7 Å². The van der Waals surface area contributed by atoms with Crippen LogP contribution in [0.25, 0.3) is 0 Å². The van der Waals surface area contributed by atoms with Crippen molar-refractivity contribution >= 4 is 11.8 Å². The Balaban J connectivity index is 1.82. The van der Waals surface area contributed by atoms with Crippen LogP contribution in [0.3, 0.4) is 0 Å². The van der Waals surface area contributed by atoms with Gasteiger partial charge in [0.15, 0.2) is 5.16 Å². The van der Waals surface area contributed by atoms with Gasteiger partial charge in [0.2, 0.25) is 0 Å². The van der Waals surface area contributed by atoms with Crippen LogP contribution in [0.4, 0.5) is 0 Å². The minimum absolute atomic E-state index is 0.239. The zero-order valence-electron chi connectivity index (χ0n) is 11.6. The fourth-order valence-corrected chi connectivity index (χ4v) is 3.73. The molecule has 2 rings (SSSR count). The number of nitrogens with two attached hydrogens (primary N) is 1. The van der Waals surface area contributed by atoms with E-state index >= 15 is 0 Å². The lowest BCUT2D eigenvalue weighted by atomic mass is 10.0.